The smallest absolute Gasteiger partial charge is 0.274 e. The van der Waals surface area contributed by atoms with Crippen molar-refractivity contribution in [2.24, 2.45) is 0 Å². The van der Waals surface area contributed by atoms with E-state index in [4.69, 9.17) is 4.52 Å². The van der Waals surface area contributed by atoms with Gasteiger partial charge in [-0.1, -0.05) is 11.2 Å². The Morgan fingerprint density at radius 1 is 1.15 bits per heavy atom. The van der Waals surface area contributed by atoms with Crippen LogP contribution < -0.4 is 10.6 Å². The Morgan fingerprint density at radius 3 is 2.63 bits per heavy atom. The highest BCUT2D eigenvalue weighted by molar-refractivity contribution is 5.97. The van der Waals surface area contributed by atoms with Gasteiger partial charge in [-0.2, -0.15) is 0 Å². The molecule has 1 aromatic carbocycles. The normalized spacial score (nSPS) is 11.7. The first-order valence-electron chi connectivity index (χ1n) is 7.84. The molecule has 0 aliphatic heterocycles. The maximum absolute atomic E-state index is 13.5. The van der Waals surface area contributed by atoms with Gasteiger partial charge in [0.05, 0.1) is 0 Å². The second-order valence-corrected chi connectivity index (χ2v) is 5.51. The molecule has 0 bridgehead atoms. The van der Waals surface area contributed by atoms with Gasteiger partial charge in [-0.05, 0) is 29.8 Å². The van der Waals surface area contributed by atoms with Crippen molar-refractivity contribution < 1.29 is 22.9 Å². The predicted molar refractivity (Wildman–Crippen MR) is 90.4 cm³/mol. The number of aromatic nitrogens is 2. The highest BCUT2D eigenvalue weighted by atomic mass is 19.2. The lowest BCUT2D eigenvalue weighted by Gasteiger charge is -2.17. The lowest BCUT2D eigenvalue weighted by atomic mass is 10.1. The highest BCUT2D eigenvalue weighted by Crippen LogP contribution is 2.21. The van der Waals surface area contributed by atoms with E-state index in [9.17, 15) is 18.4 Å². The van der Waals surface area contributed by atoms with Crippen molar-refractivity contribution in [3.63, 3.8) is 0 Å². The number of carbonyl (C=O) groups is 2. The van der Waals surface area contributed by atoms with Crippen molar-refractivity contribution >= 4 is 11.8 Å². The quantitative estimate of drug-likeness (QED) is 0.716. The van der Waals surface area contributed by atoms with Crippen molar-refractivity contribution in [2.75, 3.05) is 7.05 Å². The third-order valence-corrected chi connectivity index (χ3v) is 3.75. The summed E-state index contributed by atoms with van der Waals surface area (Å²) < 4.78 is 31.8. The molecule has 3 rings (SSSR count). The topological polar surface area (TPSA) is 97.1 Å². The number of amides is 2. The predicted octanol–water partition coefficient (Wildman–Crippen LogP) is 2.23. The van der Waals surface area contributed by atoms with Crippen LogP contribution in [0.25, 0.3) is 11.3 Å². The van der Waals surface area contributed by atoms with Crippen molar-refractivity contribution in [3.05, 3.63) is 71.7 Å². The van der Waals surface area contributed by atoms with E-state index in [2.05, 4.69) is 20.8 Å². The first-order valence-corrected chi connectivity index (χ1v) is 7.84. The molecule has 9 heteroatoms. The van der Waals surface area contributed by atoms with Crippen LogP contribution in [-0.2, 0) is 4.79 Å². The summed E-state index contributed by atoms with van der Waals surface area (Å²) in [6.45, 7) is 0. The maximum atomic E-state index is 13.5. The summed E-state index contributed by atoms with van der Waals surface area (Å²) in [5.74, 6) is -3.19. The fourth-order valence-corrected chi connectivity index (χ4v) is 2.37. The molecule has 2 aromatic heterocycles. The standard InChI is InChI=1S/C18H14F2N4O3/c1-21-18(26)16(10-4-5-12(19)13(20)7-10)23-17(25)14-8-15(27-24-14)11-3-2-6-22-9-11/h2-9,16H,1H3,(H,21,26)(H,23,25). The molecule has 27 heavy (non-hydrogen) atoms. The molecule has 138 valence electrons. The maximum Gasteiger partial charge on any atom is 0.274 e. The minimum absolute atomic E-state index is 0.0784. The number of carbonyl (C=O) groups excluding carboxylic acids is 2. The molecule has 0 saturated heterocycles. The molecule has 3 aromatic rings. The zero-order valence-electron chi connectivity index (χ0n) is 14.1. The Bertz CT molecular complexity index is 976. The van der Waals surface area contributed by atoms with E-state index in [0.717, 1.165) is 12.1 Å². The first kappa shape index (κ1) is 18.2. The summed E-state index contributed by atoms with van der Waals surface area (Å²) in [7, 11) is 1.36. The van der Waals surface area contributed by atoms with Gasteiger partial charge in [-0.25, -0.2) is 8.78 Å². The molecule has 1 atom stereocenters. The highest BCUT2D eigenvalue weighted by Gasteiger charge is 2.25. The van der Waals surface area contributed by atoms with Gasteiger partial charge in [-0.3, -0.25) is 14.6 Å². The van der Waals surface area contributed by atoms with Gasteiger partial charge in [-0.15, -0.1) is 0 Å². The summed E-state index contributed by atoms with van der Waals surface area (Å²) in [4.78, 5) is 28.5. The molecular formula is C18H14F2N4O3. The molecule has 0 aliphatic carbocycles. The van der Waals surface area contributed by atoms with Crippen LogP contribution in [0.2, 0.25) is 0 Å². The fraction of sp³-hybridized carbons (Fsp3) is 0.111. The molecule has 0 radical (unpaired) electrons. The van der Waals surface area contributed by atoms with E-state index >= 15 is 0 Å². The number of benzene rings is 1. The summed E-state index contributed by atoms with van der Waals surface area (Å²) in [5.41, 5.74) is 0.621. The third-order valence-electron chi connectivity index (χ3n) is 3.75. The van der Waals surface area contributed by atoms with E-state index in [1.165, 1.54) is 25.4 Å². The van der Waals surface area contributed by atoms with Crippen molar-refractivity contribution in [3.8, 4) is 11.3 Å². The number of nitrogens with one attached hydrogen (secondary N) is 2. The second-order valence-electron chi connectivity index (χ2n) is 5.51. The molecule has 2 amide bonds. The van der Waals surface area contributed by atoms with Crippen LogP contribution in [-0.4, -0.2) is 29.0 Å². The van der Waals surface area contributed by atoms with Crippen LogP contribution >= 0.6 is 0 Å². The van der Waals surface area contributed by atoms with Crippen molar-refractivity contribution in [1.29, 1.82) is 0 Å². The Labute approximate surface area is 152 Å². The van der Waals surface area contributed by atoms with Gasteiger partial charge in [0.25, 0.3) is 5.91 Å². The van der Waals surface area contributed by atoms with Gasteiger partial charge in [0.2, 0.25) is 5.91 Å². The van der Waals surface area contributed by atoms with Crippen LogP contribution in [0, 0.1) is 11.6 Å². The van der Waals surface area contributed by atoms with E-state index in [0.29, 0.717) is 11.3 Å². The zero-order valence-corrected chi connectivity index (χ0v) is 14.1. The summed E-state index contributed by atoms with van der Waals surface area (Å²) in [5, 5.41) is 8.47. The largest absolute Gasteiger partial charge is 0.357 e. The monoisotopic (exact) mass is 372 g/mol. The zero-order chi connectivity index (χ0) is 19.4. The number of pyridine rings is 1. The number of likely N-dealkylation sites (N-methyl/N-ethyl adjacent to an activating group) is 1. The van der Waals surface area contributed by atoms with Crippen LogP contribution in [0.5, 0.6) is 0 Å². The number of halogens is 2. The molecule has 2 N–H and O–H groups in total. The Morgan fingerprint density at radius 2 is 1.96 bits per heavy atom. The van der Waals surface area contributed by atoms with Crippen LogP contribution in [0.15, 0.2) is 53.3 Å². The van der Waals surface area contributed by atoms with Gasteiger partial charge in [0, 0.05) is 31.1 Å². The number of rotatable bonds is 5. The van der Waals surface area contributed by atoms with Gasteiger partial charge in [0.15, 0.2) is 23.1 Å². The number of hydrogen-bond donors (Lipinski definition) is 2. The van der Waals surface area contributed by atoms with E-state index in [1.54, 1.807) is 18.3 Å². The average molecular weight is 372 g/mol. The fourth-order valence-electron chi connectivity index (χ4n) is 2.37. The van der Waals surface area contributed by atoms with E-state index in [-0.39, 0.29) is 11.3 Å². The van der Waals surface area contributed by atoms with Gasteiger partial charge in [0.1, 0.15) is 6.04 Å². The summed E-state index contributed by atoms with van der Waals surface area (Å²) in [6.07, 6.45) is 3.13. The lowest BCUT2D eigenvalue weighted by Crippen LogP contribution is -2.39. The van der Waals surface area contributed by atoms with E-state index in [1.807, 2.05) is 0 Å². The molecule has 0 fully saturated rings. The average Bonchev–Trinajstić information content (AvgIpc) is 3.19. The van der Waals surface area contributed by atoms with Gasteiger partial charge < -0.3 is 15.2 Å². The molecular weight excluding hydrogens is 358 g/mol. The molecule has 2 heterocycles. The number of nitrogens with zero attached hydrogens (tertiary/aromatic N) is 2. The summed E-state index contributed by atoms with van der Waals surface area (Å²) >= 11 is 0. The van der Waals surface area contributed by atoms with Crippen LogP contribution in [0.3, 0.4) is 0 Å². The Balaban J connectivity index is 1.84. The summed E-state index contributed by atoms with van der Waals surface area (Å²) in [6, 6.07) is 6.51. The number of hydrogen-bond acceptors (Lipinski definition) is 5. The minimum Gasteiger partial charge on any atom is -0.357 e. The molecule has 0 saturated carbocycles. The van der Waals surface area contributed by atoms with Gasteiger partial charge >= 0.3 is 0 Å². The second kappa shape index (κ2) is 7.73. The molecule has 0 aliphatic rings. The molecule has 7 nitrogen and oxygen atoms in total. The van der Waals surface area contributed by atoms with Crippen molar-refractivity contribution in [2.45, 2.75) is 6.04 Å². The molecule has 1 unspecified atom stereocenters. The third kappa shape index (κ3) is 3.97. The Kier molecular flexibility index (Phi) is 5.20. The van der Waals surface area contributed by atoms with Crippen LogP contribution in [0.1, 0.15) is 22.1 Å². The van der Waals surface area contributed by atoms with E-state index < -0.39 is 29.5 Å². The van der Waals surface area contributed by atoms with Crippen LogP contribution in [0.4, 0.5) is 8.78 Å². The minimum atomic E-state index is -1.24. The lowest BCUT2D eigenvalue weighted by molar-refractivity contribution is -0.122. The van der Waals surface area contributed by atoms with Crippen molar-refractivity contribution in [1.82, 2.24) is 20.8 Å². The Hall–Kier alpha value is -3.62. The SMILES string of the molecule is CNC(=O)C(NC(=O)c1cc(-c2cccnc2)on1)c1ccc(F)c(F)c1. The molecule has 0 spiro atoms. The first-order chi connectivity index (χ1) is 13.0.